The molecule has 1 amide bonds. The van der Waals surface area contributed by atoms with Gasteiger partial charge in [-0.2, -0.15) is 0 Å². The summed E-state index contributed by atoms with van der Waals surface area (Å²) in [6.45, 7) is 8.22. The van der Waals surface area contributed by atoms with Gasteiger partial charge in [0, 0.05) is 19.5 Å². The van der Waals surface area contributed by atoms with E-state index < -0.39 is 0 Å². The third-order valence-corrected chi connectivity index (χ3v) is 3.73. The largest absolute Gasteiger partial charge is 0.343 e. The van der Waals surface area contributed by atoms with E-state index in [4.69, 9.17) is 0 Å². The predicted octanol–water partition coefficient (Wildman–Crippen LogP) is 3.42. The van der Waals surface area contributed by atoms with E-state index in [1.165, 1.54) is 16.7 Å². The molecule has 0 saturated carbocycles. The van der Waals surface area contributed by atoms with Crippen LogP contribution in [0, 0.1) is 13.8 Å². The zero-order valence-corrected chi connectivity index (χ0v) is 11.7. The number of rotatable bonds is 3. The molecule has 1 aliphatic rings. The molecule has 98 valence electrons. The number of hydrogen-bond acceptors (Lipinski definition) is 1. The van der Waals surface area contributed by atoms with Crippen LogP contribution in [0.1, 0.15) is 48.8 Å². The Morgan fingerprint density at radius 2 is 1.89 bits per heavy atom. The Balaban J connectivity index is 2.10. The van der Waals surface area contributed by atoms with Crippen molar-refractivity contribution in [1.82, 2.24) is 4.90 Å². The highest BCUT2D eigenvalue weighted by Gasteiger charge is 2.26. The lowest BCUT2D eigenvalue weighted by atomic mass is 9.87. The van der Waals surface area contributed by atoms with Gasteiger partial charge in [0.05, 0.1) is 0 Å². The van der Waals surface area contributed by atoms with Crippen LogP contribution in [0.25, 0.3) is 0 Å². The van der Waals surface area contributed by atoms with E-state index in [9.17, 15) is 4.79 Å². The Morgan fingerprint density at radius 1 is 1.22 bits per heavy atom. The molecule has 18 heavy (non-hydrogen) atoms. The molecule has 0 aliphatic carbocycles. The maximum atomic E-state index is 12.1. The van der Waals surface area contributed by atoms with Crippen LogP contribution in [-0.4, -0.2) is 23.9 Å². The van der Waals surface area contributed by atoms with Gasteiger partial charge in [0.15, 0.2) is 0 Å². The molecule has 1 fully saturated rings. The van der Waals surface area contributed by atoms with E-state index in [0.29, 0.717) is 18.2 Å². The zero-order chi connectivity index (χ0) is 13.1. The smallest absolute Gasteiger partial charge is 0.223 e. The fourth-order valence-electron chi connectivity index (χ4n) is 2.91. The fraction of sp³-hybridized carbons (Fsp3) is 0.562. The van der Waals surface area contributed by atoms with Gasteiger partial charge in [-0.25, -0.2) is 0 Å². The van der Waals surface area contributed by atoms with Gasteiger partial charge in [-0.3, -0.25) is 4.79 Å². The number of carbonyl (C=O) groups is 1. The monoisotopic (exact) mass is 245 g/mol. The number of aryl methyl sites for hydroxylation is 2. The molecule has 2 heteroatoms. The average molecular weight is 245 g/mol. The highest BCUT2D eigenvalue weighted by molar-refractivity contribution is 5.78. The van der Waals surface area contributed by atoms with Crippen molar-refractivity contribution in [2.45, 2.75) is 46.0 Å². The summed E-state index contributed by atoms with van der Waals surface area (Å²) in [6, 6.07) is 6.67. The minimum Gasteiger partial charge on any atom is -0.343 e. The predicted molar refractivity (Wildman–Crippen MR) is 74.8 cm³/mol. The van der Waals surface area contributed by atoms with E-state index in [-0.39, 0.29) is 0 Å². The van der Waals surface area contributed by atoms with Crippen LogP contribution in [0.3, 0.4) is 0 Å². The summed E-state index contributed by atoms with van der Waals surface area (Å²) < 4.78 is 0. The van der Waals surface area contributed by atoms with Gasteiger partial charge >= 0.3 is 0 Å². The molecule has 2 nitrogen and oxygen atoms in total. The normalized spacial score (nSPS) is 20.3. The molecule has 0 radical (unpaired) electrons. The van der Waals surface area contributed by atoms with Gasteiger partial charge < -0.3 is 4.90 Å². The topological polar surface area (TPSA) is 20.3 Å². The van der Waals surface area contributed by atoms with Crippen LogP contribution in [0.15, 0.2) is 18.2 Å². The number of piperidine rings is 1. The summed E-state index contributed by atoms with van der Waals surface area (Å²) in [7, 11) is 0. The Hall–Kier alpha value is -1.31. The van der Waals surface area contributed by atoms with E-state index in [1.54, 1.807) is 0 Å². The zero-order valence-electron chi connectivity index (χ0n) is 11.7. The summed E-state index contributed by atoms with van der Waals surface area (Å²) in [5.74, 6) is 0.747. The number of nitrogens with zero attached hydrogens (tertiary/aromatic N) is 1. The van der Waals surface area contributed by atoms with E-state index in [1.807, 2.05) is 4.90 Å². The number of hydrogen-bond donors (Lipinski definition) is 0. The molecule has 0 aromatic heterocycles. The van der Waals surface area contributed by atoms with Gasteiger partial charge in [-0.15, -0.1) is 0 Å². The molecule has 0 bridgehead atoms. The van der Waals surface area contributed by atoms with E-state index >= 15 is 0 Å². The quantitative estimate of drug-likeness (QED) is 0.799. The van der Waals surface area contributed by atoms with Crippen LogP contribution < -0.4 is 0 Å². The SMILES string of the molecule is CCCN1CCC(c2cc(C)cc(C)c2)CC1=O. The van der Waals surface area contributed by atoms with Crippen molar-refractivity contribution in [3.63, 3.8) is 0 Å². The van der Waals surface area contributed by atoms with Crippen LogP contribution in [0.5, 0.6) is 0 Å². The first-order valence-electron chi connectivity index (χ1n) is 6.96. The van der Waals surface area contributed by atoms with Crippen molar-refractivity contribution in [3.05, 3.63) is 34.9 Å². The Morgan fingerprint density at radius 3 is 2.44 bits per heavy atom. The van der Waals surface area contributed by atoms with Crippen LogP contribution in [-0.2, 0) is 4.79 Å². The molecule has 0 spiro atoms. The first-order chi connectivity index (χ1) is 8.60. The minimum atomic E-state index is 0.326. The summed E-state index contributed by atoms with van der Waals surface area (Å²) >= 11 is 0. The molecule has 1 aliphatic heterocycles. The van der Waals surface area contributed by atoms with Crippen molar-refractivity contribution < 1.29 is 4.79 Å². The molecule has 1 unspecified atom stereocenters. The molecule has 0 N–H and O–H groups in total. The number of benzene rings is 1. The summed E-state index contributed by atoms with van der Waals surface area (Å²) in [5.41, 5.74) is 3.94. The molecule has 1 saturated heterocycles. The fourth-order valence-corrected chi connectivity index (χ4v) is 2.91. The first kappa shape index (κ1) is 13.1. The summed E-state index contributed by atoms with van der Waals surface area (Å²) in [6.07, 6.45) is 2.84. The third kappa shape index (κ3) is 2.92. The maximum absolute atomic E-state index is 12.1. The van der Waals surface area contributed by atoms with Crippen LogP contribution in [0.2, 0.25) is 0 Å². The standard InChI is InChI=1S/C16H23NO/c1-4-6-17-7-5-14(11-16(17)18)15-9-12(2)8-13(3)10-15/h8-10,14H,4-7,11H2,1-3H3. The summed E-state index contributed by atoms with van der Waals surface area (Å²) in [5, 5.41) is 0. The van der Waals surface area contributed by atoms with E-state index in [2.05, 4.69) is 39.0 Å². The van der Waals surface area contributed by atoms with Gasteiger partial charge in [0.25, 0.3) is 0 Å². The second-order valence-corrected chi connectivity index (χ2v) is 5.49. The van der Waals surface area contributed by atoms with Crippen molar-refractivity contribution in [2.75, 3.05) is 13.1 Å². The highest BCUT2D eigenvalue weighted by Crippen LogP contribution is 2.30. The lowest BCUT2D eigenvalue weighted by molar-refractivity contribution is -0.133. The number of carbonyl (C=O) groups excluding carboxylic acids is 1. The molecule has 1 heterocycles. The first-order valence-corrected chi connectivity index (χ1v) is 6.96. The van der Waals surface area contributed by atoms with Crippen molar-refractivity contribution in [2.24, 2.45) is 0 Å². The molecule has 1 aromatic carbocycles. The Labute approximate surface area is 110 Å². The van der Waals surface area contributed by atoms with Gasteiger partial charge in [0.1, 0.15) is 0 Å². The third-order valence-electron chi connectivity index (χ3n) is 3.73. The summed E-state index contributed by atoms with van der Waals surface area (Å²) in [4.78, 5) is 14.1. The van der Waals surface area contributed by atoms with Gasteiger partial charge in [-0.05, 0) is 38.2 Å². The van der Waals surface area contributed by atoms with Crippen molar-refractivity contribution in [1.29, 1.82) is 0 Å². The lowest BCUT2D eigenvalue weighted by Gasteiger charge is -2.32. The second kappa shape index (κ2) is 5.55. The second-order valence-electron chi connectivity index (χ2n) is 5.49. The van der Waals surface area contributed by atoms with E-state index in [0.717, 1.165) is 25.9 Å². The molecular formula is C16H23NO. The minimum absolute atomic E-state index is 0.326. The maximum Gasteiger partial charge on any atom is 0.223 e. The molecule has 2 rings (SSSR count). The Bertz CT molecular complexity index is 418. The van der Waals surface area contributed by atoms with Crippen molar-refractivity contribution >= 4 is 5.91 Å². The van der Waals surface area contributed by atoms with Crippen LogP contribution in [0.4, 0.5) is 0 Å². The van der Waals surface area contributed by atoms with Crippen LogP contribution >= 0.6 is 0 Å². The molecule has 1 atom stereocenters. The average Bonchev–Trinajstić information content (AvgIpc) is 2.30. The Kier molecular flexibility index (Phi) is 4.05. The molecular weight excluding hydrogens is 222 g/mol. The highest BCUT2D eigenvalue weighted by atomic mass is 16.2. The number of likely N-dealkylation sites (tertiary alicyclic amines) is 1. The number of amides is 1. The van der Waals surface area contributed by atoms with Gasteiger partial charge in [-0.1, -0.05) is 36.2 Å². The van der Waals surface area contributed by atoms with Gasteiger partial charge in [0.2, 0.25) is 5.91 Å². The molecule has 1 aromatic rings. The van der Waals surface area contributed by atoms with Crippen molar-refractivity contribution in [3.8, 4) is 0 Å². The lowest BCUT2D eigenvalue weighted by Crippen LogP contribution is -2.38.